The number of hydrogen-bond acceptors (Lipinski definition) is 1. The van der Waals surface area contributed by atoms with Crippen molar-refractivity contribution >= 4 is 0 Å². The molecule has 0 heterocycles. The van der Waals surface area contributed by atoms with Gasteiger partial charge in [-0.05, 0) is 38.8 Å². The molecule has 0 amide bonds. The maximum atomic E-state index is 3.43. The summed E-state index contributed by atoms with van der Waals surface area (Å²) in [4.78, 5) is 0. The summed E-state index contributed by atoms with van der Waals surface area (Å²) in [5, 5.41) is 3.43. The first-order valence-electron chi connectivity index (χ1n) is 5.27. The molecule has 0 unspecified atom stereocenters. The molecule has 0 atom stereocenters. The molecular formula is C11H23N. The summed E-state index contributed by atoms with van der Waals surface area (Å²) in [5.74, 6) is 0. The van der Waals surface area contributed by atoms with Crippen LogP contribution in [0.25, 0.3) is 0 Å². The standard InChI is InChI=1S/C11H23N/c1-3-5-7-8-9-11-12-10-6-4-2/h5,7,12H,3-4,6,8-11H2,1-2H3. The van der Waals surface area contributed by atoms with Crippen LogP contribution in [-0.2, 0) is 0 Å². The molecule has 0 radical (unpaired) electrons. The minimum absolute atomic E-state index is 1.17. The lowest BCUT2D eigenvalue weighted by Crippen LogP contribution is -2.16. The van der Waals surface area contributed by atoms with Crippen molar-refractivity contribution in [2.24, 2.45) is 0 Å². The molecule has 1 heteroatoms. The molecule has 12 heavy (non-hydrogen) atoms. The van der Waals surface area contributed by atoms with E-state index in [4.69, 9.17) is 0 Å². The van der Waals surface area contributed by atoms with E-state index in [-0.39, 0.29) is 0 Å². The summed E-state index contributed by atoms with van der Waals surface area (Å²) >= 11 is 0. The van der Waals surface area contributed by atoms with Crippen LogP contribution in [0, 0.1) is 0 Å². The van der Waals surface area contributed by atoms with Gasteiger partial charge in [0, 0.05) is 0 Å². The first kappa shape index (κ1) is 11.7. The Morgan fingerprint density at radius 1 is 1.00 bits per heavy atom. The molecule has 0 bridgehead atoms. The SMILES string of the molecule is CCC=CCCCNCCCC. The number of hydrogen-bond donors (Lipinski definition) is 1. The Kier molecular flexibility index (Phi) is 10.4. The summed E-state index contributed by atoms with van der Waals surface area (Å²) in [6.45, 7) is 6.77. The number of nitrogens with one attached hydrogen (secondary N) is 1. The molecular weight excluding hydrogens is 146 g/mol. The zero-order valence-corrected chi connectivity index (χ0v) is 8.60. The van der Waals surface area contributed by atoms with Gasteiger partial charge in [-0.2, -0.15) is 0 Å². The van der Waals surface area contributed by atoms with Crippen molar-refractivity contribution in [2.45, 2.75) is 46.0 Å². The third kappa shape index (κ3) is 9.70. The summed E-state index contributed by atoms with van der Waals surface area (Å²) in [6.07, 6.45) is 10.8. The highest BCUT2D eigenvalue weighted by Gasteiger charge is 1.85. The zero-order valence-electron chi connectivity index (χ0n) is 8.60. The van der Waals surface area contributed by atoms with E-state index < -0.39 is 0 Å². The quantitative estimate of drug-likeness (QED) is 0.435. The smallest absolute Gasteiger partial charge is 0.00460 e. The van der Waals surface area contributed by atoms with Crippen LogP contribution in [0.4, 0.5) is 0 Å². The molecule has 0 rings (SSSR count). The van der Waals surface area contributed by atoms with Crippen molar-refractivity contribution in [1.82, 2.24) is 5.32 Å². The van der Waals surface area contributed by atoms with Crippen LogP contribution in [0.5, 0.6) is 0 Å². The Balaban J connectivity index is 2.86. The molecule has 0 aliphatic rings. The van der Waals surface area contributed by atoms with E-state index in [9.17, 15) is 0 Å². The van der Waals surface area contributed by atoms with E-state index in [1.165, 1.54) is 45.2 Å². The van der Waals surface area contributed by atoms with Gasteiger partial charge in [0.05, 0.1) is 0 Å². The summed E-state index contributed by atoms with van der Waals surface area (Å²) < 4.78 is 0. The monoisotopic (exact) mass is 169 g/mol. The van der Waals surface area contributed by atoms with Gasteiger partial charge < -0.3 is 5.32 Å². The fourth-order valence-electron chi connectivity index (χ4n) is 1.06. The van der Waals surface area contributed by atoms with Gasteiger partial charge in [-0.25, -0.2) is 0 Å². The second-order valence-corrected chi connectivity index (χ2v) is 3.13. The molecule has 0 aromatic heterocycles. The largest absolute Gasteiger partial charge is 0.317 e. The second-order valence-electron chi connectivity index (χ2n) is 3.13. The Bertz CT molecular complexity index is 97.2. The maximum Gasteiger partial charge on any atom is -0.00460 e. The molecule has 0 saturated heterocycles. The minimum atomic E-state index is 1.17. The van der Waals surface area contributed by atoms with Crippen LogP contribution in [-0.4, -0.2) is 13.1 Å². The van der Waals surface area contributed by atoms with Crippen molar-refractivity contribution in [1.29, 1.82) is 0 Å². The predicted molar refractivity (Wildman–Crippen MR) is 56.4 cm³/mol. The minimum Gasteiger partial charge on any atom is -0.317 e. The van der Waals surface area contributed by atoms with Gasteiger partial charge in [0.25, 0.3) is 0 Å². The average molecular weight is 169 g/mol. The maximum absolute atomic E-state index is 3.43. The molecule has 1 N–H and O–H groups in total. The van der Waals surface area contributed by atoms with E-state index in [0.717, 1.165) is 0 Å². The van der Waals surface area contributed by atoms with Crippen molar-refractivity contribution in [3.63, 3.8) is 0 Å². The van der Waals surface area contributed by atoms with Crippen LogP contribution in [0.2, 0.25) is 0 Å². The second kappa shape index (κ2) is 10.7. The van der Waals surface area contributed by atoms with E-state index in [1.54, 1.807) is 0 Å². The van der Waals surface area contributed by atoms with Crippen LogP contribution in [0.15, 0.2) is 12.2 Å². The van der Waals surface area contributed by atoms with Gasteiger partial charge >= 0.3 is 0 Å². The van der Waals surface area contributed by atoms with Crippen molar-refractivity contribution in [3.8, 4) is 0 Å². The lowest BCUT2D eigenvalue weighted by atomic mass is 10.2. The van der Waals surface area contributed by atoms with Gasteiger partial charge in [-0.1, -0.05) is 32.4 Å². The highest BCUT2D eigenvalue weighted by Crippen LogP contribution is 1.91. The van der Waals surface area contributed by atoms with E-state index >= 15 is 0 Å². The van der Waals surface area contributed by atoms with Crippen molar-refractivity contribution < 1.29 is 0 Å². The Morgan fingerprint density at radius 3 is 2.42 bits per heavy atom. The molecule has 0 fully saturated rings. The molecule has 0 aromatic rings. The summed E-state index contributed by atoms with van der Waals surface area (Å²) in [7, 11) is 0. The van der Waals surface area contributed by atoms with E-state index in [2.05, 4.69) is 31.3 Å². The van der Waals surface area contributed by atoms with Gasteiger partial charge in [0.15, 0.2) is 0 Å². The highest BCUT2D eigenvalue weighted by atomic mass is 14.8. The van der Waals surface area contributed by atoms with E-state index in [1.807, 2.05) is 0 Å². The van der Waals surface area contributed by atoms with E-state index in [0.29, 0.717) is 0 Å². The molecule has 72 valence electrons. The normalized spacial score (nSPS) is 11.2. The van der Waals surface area contributed by atoms with Crippen LogP contribution >= 0.6 is 0 Å². The first-order valence-corrected chi connectivity index (χ1v) is 5.27. The molecule has 0 spiro atoms. The molecule has 0 aromatic carbocycles. The van der Waals surface area contributed by atoms with Gasteiger partial charge in [-0.3, -0.25) is 0 Å². The van der Waals surface area contributed by atoms with Gasteiger partial charge in [-0.15, -0.1) is 0 Å². The lowest BCUT2D eigenvalue weighted by Gasteiger charge is -2.00. The number of allylic oxidation sites excluding steroid dienone is 2. The summed E-state index contributed by atoms with van der Waals surface area (Å²) in [5.41, 5.74) is 0. The summed E-state index contributed by atoms with van der Waals surface area (Å²) in [6, 6.07) is 0. The van der Waals surface area contributed by atoms with Crippen LogP contribution < -0.4 is 5.32 Å². The first-order chi connectivity index (χ1) is 5.91. The van der Waals surface area contributed by atoms with Crippen LogP contribution in [0.3, 0.4) is 0 Å². The Morgan fingerprint density at radius 2 is 1.75 bits per heavy atom. The van der Waals surface area contributed by atoms with Crippen molar-refractivity contribution in [2.75, 3.05) is 13.1 Å². The van der Waals surface area contributed by atoms with Crippen molar-refractivity contribution in [3.05, 3.63) is 12.2 Å². The zero-order chi connectivity index (χ0) is 9.07. The highest BCUT2D eigenvalue weighted by molar-refractivity contribution is 4.79. The third-order valence-electron chi connectivity index (χ3n) is 1.83. The van der Waals surface area contributed by atoms with Gasteiger partial charge in [0.1, 0.15) is 0 Å². The molecule has 1 nitrogen and oxygen atoms in total. The average Bonchev–Trinajstić information content (AvgIpc) is 2.10. The predicted octanol–water partition coefficient (Wildman–Crippen LogP) is 3.12. The lowest BCUT2D eigenvalue weighted by molar-refractivity contribution is 0.620. The fraction of sp³-hybridized carbons (Fsp3) is 0.818. The fourth-order valence-corrected chi connectivity index (χ4v) is 1.06. The molecule has 0 aliphatic heterocycles. The Labute approximate surface area is 77.2 Å². The van der Waals surface area contributed by atoms with Crippen LogP contribution in [0.1, 0.15) is 46.0 Å². The van der Waals surface area contributed by atoms with Gasteiger partial charge in [0.2, 0.25) is 0 Å². The topological polar surface area (TPSA) is 12.0 Å². The molecule has 0 saturated carbocycles. The number of rotatable bonds is 8. The number of unbranched alkanes of at least 4 members (excludes halogenated alkanes) is 2. The third-order valence-corrected chi connectivity index (χ3v) is 1.83. The molecule has 0 aliphatic carbocycles. The Hall–Kier alpha value is -0.300.